The van der Waals surface area contributed by atoms with Crippen LogP contribution in [-0.4, -0.2) is 38.9 Å². The number of nitrogens with zero attached hydrogens (tertiary/aromatic N) is 1. The number of carbonyl (C=O) groups is 1. The smallest absolute Gasteiger partial charge is 0.356 e. The number of carbonyl (C=O) groups excluding carboxylic acids is 1. The van der Waals surface area contributed by atoms with E-state index >= 15 is 0 Å². The summed E-state index contributed by atoms with van der Waals surface area (Å²) in [7, 11) is 0.868. The van der Waals surface area contributed by atoms with Crippen LogP contribution in [0.4, 0.5) is 0 Å². The van der Waals surface area contributed by atoms with Gasteiger partial charge < -0.3 is 9.47 Å². The Kier molecular flexibility index (Phi) is 5.59. The molecule has 6 heteroatoms. The Morgan fingerprint density at radius 1 is 1.47 bits per heavy atom. The first-order valence-electron chi connectivity index (χ1n) is 6.45. The average molecular weight is 282 g/mol. The van der Waals surface area contributed by atoms with E-state index in [0.717, 1.165) is 15.9 Å². The van der Waals surface area contributed by atoms with Gasteiger partial charge in [-0.05, 0) is 25.3 Å². The van der Waals surface area contributed by atoms with Gasteiger partial charge in [0.25, 0.3) is 0 Å². The van der Waals surface area contributed by atoms with E-state index in [4.69, 9.17) is 9.47 Å². The van der Waals surface area contributed by atoms with Crippen LogP contribution in [0.25, 0.3) is 0 Å². The van der Waals surface area contributed by atoms with Crippen molar-refractivity contribution in [3.8, 4) is 5.88 Å². The zero-order valence-electron chi connectivity index (χ0n) is 12.3. The number of hydrogen-bond donors (Lipinski definition) is 1. The van der Waals surface area contributed by atoms with Gasteiger partial charge in [0, 0.05) is 15.1 Å². The van der Waals surface area contributed by atoms with Crippen LogP contribution in [0.2, 0.25) is 11.6 Å². The Morgan fingerprint density at radius 3 is 2.74 bits per heavy atom. The highest BCUT2D eigenvalue weighted by atomic mass is 28.2. The quantitative estimate of drug-likeness (QED) is 0.617. The summed E-state index contributed by atoms with van der Waals surface area (Å²) in [6, 6.07) is 0. The van der Waals surface area contributed by atoms with E-state index in [1.54, 1.807) is 13.8 Å². The van der Waals surface area contributed by atoms with Crippen LogP contribution < -0.4 is 4.74 Å². The summed E-state index contributed by atoms with van der Waals surface area (Å²) in [5.74, 6) is 0.0935. The zero-order chi connectivity index (χ0) is 14.5. The lowest BCUT2D eigenvalue weighted by Crippen LogP contribution is -2.14. The van der Waals surface area contributed by atoms with Gasteiger partial charge in [0.1, 0.15) is 5.69 Å². The molecule has 0 unspecified atom stereocenters. The third kappa shape index (κ3) is 4.38. The Labute approximate surface area is 116 Å². The predicted molar refractivity (Wildman–Crippen MR) is 75.1 cm³/mol. The van der Waals surface area contributed by atoms with Crippen molar-refractivity contribution in [2.24, 2.45) is 0 Å². The van der Waals surface area contributed by atoms with Crippen molar-refractivity contribution in [2.75, 3.05) is 13.2 Å². The highest BCUT2D eigenvalue weighted by molar-refractivity contribution is 6.37. The van der Waals surface area contributed by atoms with Crippen molar-refractivity contribution in [2.45, 2.75) is 45.7 Å². The van der Waals surface area contributed by atoms with Gasteiger partial charge in [-0.1, -0.05) is 20.4 Å². The molecule has 1 aromatic rings. The second-order valence-corrected chi connectivity index (χ2v) is 6.84. The molecule has 0 spiro atoms. The standard InChI is InChI=1S/C13H22N2O3Si/c1-6-17-12(16)10-9(2)11(15-14-10)18-8-7-13(3,4)19-5/h6-8H2,1-5H3,(H,14,15). The number of hydrogen-bond acceptors (Lipinski definition) is 4. The van der Waals surface area contributed by atoms with Crippen LogP contribution in [0.5, 0.6) is 5.88 Å². The number of nitrogens with one attached hydrogen (secondary N) is 1. The summed E-state index contributed by atoms with van der Waals surface area (Å²) in [5, 5.41) is 6.98. The van der Waals surface area contributed by atoms with E-state index < -0.39 is 5.97 Å². The molecule has 0 bridgehead atoms. The largest absolute Gasteiger partial charge is 0.476 e. The van der Waals surface area contributed by atoms with Crippen LogP contribution in [-0.2, 0) is 4.74 Å². The summed E-state index contributed by atoms with van der Waals surface area (Å²) in [6.07, 6.45) is 0.961. The van der Waals surface area contributed by atoms with Crippen LogP contribution in [0.1, 0.15) is 43.2 Å². The summed E-state index contributed by atoms with van der Waals surface area (Å²) in [6.45, 7) is 11.2. The number of esters is 1. The SMILES string of the molecule is CCOC(=O)c1[nH]nc(OCCC(C)(C)[Si]C)c1C. The van der Waals surface area contributed by atoms with Gasteiger partial charge in [-0.2, -0.15) is 0 Å². The van der Waals surface area contributed by atoms with Gasteiger partial charge in [-0.25, -0.2) is 4.79 Å². The van der Waals surface area contributed by atoms with Crippen LogP contribution in [0.3, 0.4) is 0 Å². The number of aromatic amines is 1. The molecule has 1 aromatic heterocycles. The maximum absolute atomic E-state index is 11.6. The number of H-pyrrole nitrogens is 1. The van der Waals surface area contributed by atoms with Crippen molar-refractivity contribution in [3.05, 3.63) is 11.3 Å². The Balaban J connectivity index is 2.59. The summed E-state index contributed by atoms with van der Waals surface area (Å²) in [4.78, 5) is 11.6. The molecule has 0 fully saturated rings. The van der Waals surface area contributed by atoms with Gasteiger partial charge in [0.2, 0.25) is 5.88 Å². The van der Waals surface area contributed by atoms with E-state index in [-0.39, 0.29) is 5.04 Å². The topological polar surface area (TPSA) is 64.2 Å². The first kappa shape index (κ1) is 15.8. The van der Waals surface area contributed by atoms with Crippen molar-refractivity contribution in [1.82, 2.24) is 10.2 Å². The molecule has 0 saturated carbocycles. The lowest BCUT2D eigenvalue weighted by atomic mass is 10.1. The highest BCUT2D eigenvalue weighted by Crippen LogP contribution is 2.27. The zero-order valence-corrected chi connectivity index (χ0v) is 13.3. The van der Waals surface area contributed by atoms with Crippen molar-refractivity contribution in [3.63, 3.8) is 0 Å². The minimum atomic E-state index is -0.391. The molecule has 19 heavy (non-hydrogen) atoms. The van der Waals surface area contributed by atoms with Crippen molar-refractivity contribution in [1.29, 1.82) is 0 Å². The average Bonchev–Trinajstić information content (AvgIpc) is 2.71. The molecule has 0 aliphatic carbocycles. The van der Waals surface area contributed by atoms with E-state index in [9.17, 15) is 4.79 Å². The third-order valence-electron chi connectivity index (χ3n) is 3.09. The van der Waals surface area contributed by atoms with Crippen LogP contribution >= 0.6 is 0 Å². The highest BCUT2D eigenvalue weighted by Gasteiger charge is 2.19. The summed E-state index contributed by atoms with van der Waals surface area (Å²) in [5.41, 5.74) is 1.07. The summed E-state index contributed by atoms with van der Waals surface area (Å²) >= 11 is 0. The lowest BCUT2D eigenvalue weighted by molar-refractivity contribution is 0.0518. The molecule has 1 N–H and O–H groups in total. The molecule has 106 valence electrons. The number of rotatable bonds is 7. The second kappa shape index (κ2) is 6.74. The van der Waals surface area contributed by atoms with Crippen LogP contribution in [0, 0.1) is 6.92 Å². The lowest BCUT2D eigenvalue weighted by Gasteiger charge is -2.21. The van der Waals surface area contributed by atoms with Gasteiger partial charge >= 0.3 is 5.97 Å². The Bertz CT molecular complexity index is 430. The van der Waals surface area contributed by atoms with E-state index in [0.29, 0.717) is 30.4 Å². The van der Waals surface area contributed by atoms with E-state index in [2.05, 4.69) is 30.6 Å². The van der Waals surface area contributed by atoms with E-state index in [1.165, 1.54) is 0 Å². The second-order valence-electron chi connectivity index (χ2n) is 4.98. The number of aromatic nitrogens is 2. The van der Waals surface area contributed by atoms with Gasteiger partial charge in [0.05, 0.1) is 13.2 Å². The molecular weight excluding hydrogens is 260 g/mol. The monoisotopic (exact) mass is 282 g/mol. The molecule has 0 amide bonds. The molecule has 1 rings (SSSR count). The first-order valence-corrected chi connectivity index (χ1v) is 7.95. The van der Waals surface area contributed by atoms with Gasteiger partial charge in [0.15, 0.2) is 0 Å². The fourth-order valence-corrected chi connectivity index (χ4v) is 1.80. The molecule has 1 heterocycles. The molecule has 5 nitrogen and oxygen atoms in total. The maximum Gasteiger partial charge on any atom is 0.356 e. The molecule has 0 saturated heterocycles. The predicted octanol–water partition coefficient (Wildman–Crippen LogP) is 2.61. The van der Waals surface area contributed by atoms with Crippen molar-refractivity contribution >= 4 is 15.5 Å². The van der Waals surface area contributed by atoms with Crippen molar-refractivity contribution < 1.29 is 14.3 Å². The molecule has 0 aliphatic rings. The Hall–Kier alpha value is -1.30. The van der Waals surface area contributed by atoms with Crippen LogP contribution in [0.15, 0.2) is 0 Å². The summed E-state index contributed by atoms with van der Waals surface area (Å²) < 4.78 is 10.6. The molecule has 0 atom stereocenters. The minimum absolute atomic E-state index is 0.286. The molecular formula is C13H22N2O3Si. The van der Waals surface area contributed by atoms with Gasteiger partial charge in [-0.15, -0.1) is 5.10 Å². The fraction of sp³-hybridized carbons (Fsp3) is 0.692. The molecule has 2 radical (unpaired) electrons. The number of ether oxygens (including phenoxy) is 2. The maximum atomic E-state index is 11.6. The normalized spacial score (nSPS) is 11.4. The third-order valence-corrected chi connectivity index (χ3v) is 4.69. The molecule has 0 aromatic carbocycles. The molecule has 0 aliphatic heterocycles. The fourth-order valence-electron chi connectivity index (χ4n) is 1.45. The van der Waals surface area contributed by atoms with Gasteiger partial charge in [-0.3, -0.25) is 5.10 Å². The minimum Gasteiger partial charge on any atom is -0.476 e. The first-order chi connectivity index (χ1) is 8.91. The van der Waals surface area contributed by atoms with E-state index in [1.807, 2.05) is 0 Å². The Morgan fingerprint density at radius 2 is 2.16 bits per heavy atom.